The molecule has 1 saturated heterocycles. The molecule has 7 nitrogen and oxygen atoms in total. The molecule has 1 atom stereocenters. The number of carboxylic acid groups (broad SMARTS) is 1. The molecule has 0 aliphatic carbocycles. The predicted molar refractivity (Wildman–Crippen MR) is 105 cm³/mol. The molecule has 10 heteroatoms. The molecular formula is C20H19F3N4O3. The third-order valence-electron chi connectivity index (χ3n) is 4.67. The van der Waals surface area contributed by atoms with Crippen LogP contribution in [0.1, 0.15) is 12.0 Å². The standard InChI is InChI=1S/C19H17F3N4O.CH2O2/c20-19(21,22)11-5-6-15(16(27)9-11)17-13-3-1-2-4-14(13)18(26-25-17)24-12-7-8-23-10-12;2-1-3/h1-6,9,12,23,27H,7-8,10H2,(H,24,26);1H,(H,2,3). The lowest BCUT2D eigenvalue weighted by molar-refractivity contribution is -0.137. The number of aromatic nitrogens is 2. The van der Waals surface area contributed by atoms with Gasteiger partial charge >= 0.3 is 6.18 Å². The average Bonchev–Trinajstić information content (AvgIpc) is 3.22. The highest BCUT2D eigenvalue weighted by molar-refractivity contribution is 6.00. The Bertz CT molecular complexity index is 1040. The van der Waals surface area contributed by atoms with Gasteiger partial charge in [-0.25, -0.2) is 0 Å². The molecule has 0 radical (unpaired) electrons. The maximum Gasteiger partial charge on any atom is 0.416 e. The van der Waals surface area contributed by atoms with Crippen LogP contribution in [-0.2, 0) is 11.0 Å². The maximum atomic E-state index is 12.8. The fourth-order valence-corrected chi connectivity index (χ4v) is 3.29. The van der Waals surface area contributed by atoms with Crippen LogP contribution >= 0.6 is 0 Å². The zero-order valence-electron chi connectivity index (χ0n) is 15.6. The van der Waals surface area contributed by atoms with Crippen molar-refractivity contribution in [3.05, 3.63) is 48.0 Å². The quantitative estimate of drug-likeness (QED) is 0.481. The summed E-state index contributed by atoms with van der Waals surface area (Å²) in [4.78, 5) is 8.36. The first-order chi connectivity index (χ1) is 14.3. The van der Waals surface area contributed by atoms with Crippen molar-refractivity contribution in [3.63, 3.8) is 0 Å². The number of fused-ring (bicyclic) bond motifs is 1. The Labute approximate surface area is 169 Å². The van der Waals surface area contributed by atoms with Crippen LogP contribution in [0.15, 0.2) is 42.5 Å². The van der Waals surface area contributed by atoms with E-state index in [0.29, 0.717) is 23.0 Å². The molecule has 2 heterocycles. The van der Waals surface area contributed by atoms with Crippen LogP contribution in [0.2, 0.25) is 0 Å². The van der Waals surface area contributed by atoms with E-state index >= 15 is 0 Å². The number of phenols is 1. The summed E-state index contributed by atoms with van der Waals surface area (Å²) in [6.07, 6.45) is -3.55. The first-order valence-corrected chi connectivity index (χ1v) is 9.06. The van der Waals surface area contributed by atoms with Crippen molar-refractivity contribution in [1.29, 1.82) is 0 Å². The summed E-state index contributed by atoms with van der Waals surface area (Å²) in [6, 6.07) is 10.5. The Kier molecular flexibility index (Phi) is 6.36. The zero-order valence-corrected chi connectivity index (χ0v) is 15.6. The summed E-state index contributed by atoms with van der Waals surface area (Å²) < 4.78 is 38.5. The molecule has 1 fully saturated rings. The second-order valence-corrected chi connectivity index (χ2v) is 6.61. The molecule has 158 valence electrons. The lowest BCUT2D eigenvalue weighted by Crippen LogP contribution is -2.23. The van der Waals surface area contributed by atoms with Crippen molar-refractivity contribution in [2.45, 2.75) is 18.6 Å². The van der Waals surface area contributed by atoms with Crippen molar-refractivity contribution < 1.29 is 28.2 Å². The number of anilines is 1. The summed E-state index contributed by atoms with van der Waals surface area (Å²) in [5.41, 5.74) is -0.360. The van der Waals surface area contributed by atoms with Gasteiger partial charge in [0.2, 0.25) is 0 Å². The van der Waals surface area contributed by atoms with Gasteiger partial charge in [-0.05, 0) is 31.2 Å². The zero-order chi connectivity index (χ0) is 21.7. The molecule has 3 aromatic rings. The van der Waals surface area contributed by atoms with Crippen LogP contribution < -0.4 is 10.6 Å². The fraction of sp³-hybridized carbons (Fsp3) is 0.250. The monoisotopic (exact) mass is 420 g/mol. The van der Waals surface area contributed by atoms with E-state index in [1.165, 1.54) is 6.07 Å². The average molecular weight is 420 g/mol. The lowest BCUT2D eigenvalue weighted by Gasteiger charge is -2.15. The fourth-order valence-electron chi connectivity index (χ4n) is 3.29. The molecule has 1 aliphatic rings. The molecule has 0 amide bonds. The number of hydrogen-bond acceptors (Lipinski definition) is 6. The summed E-state index contributed by atoms with van der Waals surface area (Å²) >= 11 is 0. The second kappa shape index (κ2) is 8.95. The highest BCUT2D eigenvalue weighted by Crippen LogP contribution is 2.38. The highest BCUT2D eigenvalue weighted by Gasteiger charge is 2.31. The van der Waals surface area contributed by atoms with Crippen molar-refractivity contribution >= 4 is 23.1 Å². The van der Waals surface area contributed by atoms with Gasteiger partial charge in [0.1, 0.15) is 11.4 Å². The summed E-state index contributed by atoms with van der Waals surface area (Å²) in [6.45, 7) is 1.51. The largest absolute Gasteiger partial charge is 0.507 e. The Balaban J connectivity index is 0.000000806. The van der Waals surface area contributed by atoms with Gasteiger partial charge in [-0.1, -0.05) is 24.3 Å². The van der Waals surface area contributed by atoms with Crippen LogP contribution in [0.5, 0.6) is 5.75 Å². The number of rotatable bonds is 3. The first-order valence-electron chi connectivity index (χ1n) is 9.06. The van der Waals surface area contributed by atoms with Crippen LogP contribution in [-0.4, -0.2) is 46.0 Å². The molecule has 4 N–H and O–H groups in total. The second-order valence-electron chi connectivity index (χ2n) is 6.61. The molecule has 1 aromatic heterocycles. The van der Waals surface area contributed by atoms with Crippen molar-refractivity contribution in [1.82, 2.24) is 15.5 Å². The molecule has 1 aliphatic heterocycles. The van der Waals surface area contributed by atoms with Gasteiger partial charge in [0.05, 0.1) is 5.56 Å². The minimum absolute atomic E-state index is 0.209. The van der Waals surface area contributed by atoms with E-state index < -0.39 is 17.5 Å². The number of alkyl halides is 3. The Morgan fingerprint density at radius 1 is 1.13 bits per heavy atom. The SMILES string of the molecule is O=CO.Oc1cc(C(F)(F)F)ccc1-c1nnc(NC2CCNC2)c2ccccc12. The minimum Gasteiger partial charge on any atom is -0.507 e. The Morgan fingerprint density at radius 3 is 2.43 bits per heavy atom. The molecule has 2 aromatic carbocycles. The van der Waals surface area contributed by atoms with Crippen molar-refractivity contribution in [2.24, 2.45) is 0 Å². The summed E-state index contributed by atoms with van der Waals surface area (Å²) in [5, 5.41) is 33.6. The number of nitrogens with zero attached hydrogens (tertiary/aromatic N) is 2. The molecule has 30 heavy (non-hydrogen) atoms. The molecular weight excluding hydrogens is 401 g/mol. The first kappa shape index (κ1) is 21.3. The van der Waals surface area contributed by atoms with Crippen LogP contribution in [0, 0.1) is 0 Å². The van der Waals surface area contributed by atoms with Crippen LogP contribution in [0.3, 0.4) is 0 Å². The van der Waals surface area contributed by atoms with E-state index in [0.717, 1.165) is 31.0 Å². The Morgan fingerprint density at radius 2 is 1.83 bits per heavy atom. The number of hydrogen-bond donors (Lipinski definition) is 4. The predicted octanol–water partition coefficient (Wildman–Crippen LogP) is 3.50. The topological polar surface area (TPSA) is 107 Å². The normalized spacial score (nSPS) is 16.0. The van der Waals surface area contributed by atoms with Gasteiger partial charge in [0.15, 0.2) is 5.82 Å². The Hall–Kier alpha value is -3.40. The molecule has 0 bridgehead atoms. The van der Waals surface area contributed by atoms with E-state index in [1.807, 2.05) is 24.3 Å². The van der Waals surface area contributed by atoms with E-state index in [4.69, 9.17) is 9.90 Å². The third-order valence-corrected chi connectivity index (χ3v) is 4.67. The number of carbonyl (C=O) groups is 1. The van der Waals surface area contributed by atoms with Crippen LogP contribution in [0.4, 0.5) is 19.0 Å². The van der Waals surface area contributed by atoms with Gasteiger partial charge in [-0.2, -0.15) is 13.2 Å². The van der Waals surface area contributed by atoms with Gasteiger partial charge in [-0.3, -0.25) is 4.79 Å². The van der Waals surface area contributed by atoms with Gasteiger partial charge in [0, 0.05) is 28.9 Å². The number of nitrogens with one attached hydrogen (secondary N) is 2. The molecule has 1 unspecified atom stereocenters. The third kappa shape index (κ3) is 4.60. The smallest absolute Gasteiger partial charge is 0.416 e. The van der Waals surface area contributed by atoms with E-state index in [-0.39, 0.29) is 18.1 Å². The highest BCUT2D eigenvalue weighted by atomic mass is 19.4. The molecule has 0 saturated carbocycles. The van der Waals surface area contributed by atoms with E-state index in [2.05, 4.69) is 20.8 Å². The van der Waals surface area contributed by atoms with E-state index in [9.17, 15) is 18.3 Å². The number of aromatic hydroxyl groups is 1. The molecule has 4 rings (SSSR count). The maximum absolute atomic E-state index is 12.8. The number of benzene rings is 2. The van der Waals surface area contributed by atoms with Crippen molar-refractivity contribution in [3.8, 4) is 17.0 Å². The lowest BCUT2D eigenvalue weighted by atomic mass is 10.0. The summed E-state index contributed by atoms with van der Waals surface area (Å²) in [7, 11) is 0. The molecule has 0 spiro atoms. The van der Waals surface area contributed by atoms with Crippen LogP contribution in [0.25, 0.3) is 22.0 Å². The van der Waals surface area contributed by atoms with E-state index in [1.54, 1.807) is 0 Å². The van der Waals surface area contributed by atoms with Gasteiger partial charge in [-0.15, -0.1) is 10.2 Å². The van der Waals surface area contributed by atoms with Crippen molar-refractivity contribution in [2.75, 3.05) is 18.4 Å². The van der Waals surface area contributed by atoms with Gasteiger partial charge < -0.3 is 20.8 Å². The minimum atomic E-state index is -4.52. The van der Waals surface area contributed by atoms with Gasteiger partial charge in [0.25, 0.3) is 6.47 Å². The number of halogens is 3. The summed E-state index contributed by atoms with van der Waals surface area (Å²) in [5.74, 6) is 0.138. The number of phenolic OH excluding ortho intramolecular Hbond substituents is 1.